The van der Waals surface area contributed by atoms with Crippen molar-refractivity contribution in [3.63, 3.8) is 0 Å². The number of para-hydroxylation sites is 1. The van der Waals surface area contributed by atoms with Crippen molar-refractivity contribution < 1.29 is 9.32 Å². The minimum absolute atomic E-state index is 0.149. The van der Waals surface area contributed by atoms with Crippen molar-refractivity contribution in [2.75, 3.05) is 5.32 Å². The van der Waals surface area contributed by atoms with Crippen LogP contribution in [0.25, 0.3) is 28.0 Å². The van der Waals surface area contributed by atoms with Gasteiger partial charge in [-0.1, -0.05) is 29.4 Å². The van der Waals surface area contributed by atoms with Crippen LogP contribution in [0, 0.1) is 0 Å². The Balaban J connectivity index is 1.31. The summed E-state index contributed by atoms with van der Waals surface area (Å²) in [5.74, 6) is 0.499. The number of anilines is 1. The summed E-state index contributed by atoms with van der Waals surface area (Å²) in [6.45, 7) is 0. The van der Waals surface area contributed by atoms with E-state index in [0.717, 1.165) is 16.6 Å². The third-order valence-electron chi connectivity index (χ3n) is 4.48. The van der Waals surface area contributed by atoms with Crippen molar-refractivity contribution in [2.24, 2.45) is 0 Å². The third kappa shape index (κ3) is 2.99. The summed E-state index contributed by atoms with van der Waals surface area (Å²) in [6, 6.07) is 16.9. The number of carbonyl (C=O) groups excluding carboxylic acids is 1. The third-order valence-corrected chi connectivity index (χ3v) is 4.48. The Labute approximate surface area is 159 Å². The maximum atomic E-state index is 12.4. The molecule has 7 heteroatoms. The minimum Gasteiger partial charge on any atom is -0.356 e. The van der Waals surface area contributed by atoms with Gasteiger partial charge in [-0.15, -0.1) is 0 Å². The Morgan fingerprint density at radius 1 is 1.07 bits per heavy atom. The zero-order valence-corrected chi connectivity index (χ0v) is 14.7. The van der Waals surface area contributed by atoms with E-state index in [1.807, 2.05) is 71.4 Å². The van der Waals surface area contributed by atoms with Crippen molar-refractivity contribution in [2.45, 2.75) is 6.42 Å². The second-order valence-electron chi connectivity index (χ2n) is 6.38. The lowest BCUT2D eigenvalue weighted by molar-refractivity contribution is -0.115. The predicted octanol–water partition coefficient (Wildman–Crippen LogP) is 3.72. The molecule has 5 rings (SSSR count). The molecule has 28 heavy (non-hydrogen) atoms. The monoisotopic (exact) mass is 369 g/mol. The van der Waals surface area contributed by atoms with Crippen molar-refractivity contribution in [3.05, 3.63) is 78.9 Å². The molecule has 0 saturated carbocycles. The maximum absolute atomic E-state index is 12.4. The van der Waals surface area contributed by atoms with Crippen LogP contribution in [0.3, 0.4) is 0 Å². The van der Waals surface area contributed by atoms with Crippen molar-refractivity contribution in [1.29, 1.82) is 0 Å². The predicted molar refractivity (Wildman–Crippen MR) is 105 cm³/mol. The molecule has 136 valence electrons. The Morgan fingerprint density at radius 2 is 1.93 bits per heavy atom. The highest BCUT2D eigenvalue weighted by Crippen LogP contribution is 2.22. The number of benzene rings is 2. The first-order valence-electron chi connectivity index (χ1n) is 8.79. The Kier molecular flexibility index (Phi) is 3.83. The van der Waals surface area contributed by atoms with Gasteiger partial charge in [-0.3, -0.25) is 9.20 Å². The van der Waals surface area contributed by atoms with Gasteiger partial charge >= 0.3 is 0 Å². The number of hydrogen-bond acceptors (Lipinski definition) is 5. The van der Waals surface area contributed by atoms with Crippen molar-refractivity contribution in [1.82, 2.24) is 19.5 Å². The molecule has 0 radical (unpaired) electrons. The molecule has 2 aromatic carbocycles. The van der Waals surface area contributed by atoms with Gasteiger partial charge in [-0.25, -0.2) is 9.97 Å². The minimum atomic E-state index is -0.149. The Bertz CT molecular complexity index is 1250. The van der Waals surface area contributed by atoms with E-state index >= 15 is 0 Å². The quantitative estimate of drug-likeness (QED) is 0.522. The molecule has 3 heterocycles. The second kappa shape index (κ2) is 6.62. The van der Waals surface area contributed by atoms with Crippen molar-refractivity contribution >= 4 is 28.3 Å². The molecule has 0 bridgehead atoms. The summed E-state index contributed by atoms with van der Waals surface area (Å²) in [5, 5.41) is 7.75. The summed E-state index contributed by atoms with van der Waals surface area (Å²) >= 11 is 0. The van der Waals surface area contributed by atoms with Gasteiger partial charge in [-0.2, -0.15) is 0 Å². The molecule has 1 N–H and O–H groups in total. The number of rotatable bonds is 4. The van der Waals surface area contributed by atoms with E-state index in [0.29, 0.717) is 22.7 Å². The number of imidazole rings is 1. The highest BCUT2D eigenvalue weighted by Gasteiger charge is 2.12. The SMILES string of the molecule is O=C(Cc1noc2ccccc12)Nc1ccc(-c2cn3cccnc3n2)cc1. The van der Waals surface area contributed by atoms with Crippen LogP contribution in [0.2, 0.25) is 0 Å². The number of fused-ring (bicyclic) bond motifs is 2. The molecule has 0 saturated heterocycles. The summed E-state index contributed by atoms with van der Waals surface area (Å²) in [6.07, 6.45) is 5.69. The molecule has 7 nitrogen and oxygen atoms in total. The van der Waals surface area contributed by atoms with Gasteiger partial charge in [0.2, 0.25) is 11.7 Å². The summed E-state index contributed by atoms with van der Waals surface area (Å²) in [7, 11) is 0. The first-order chi connectivity index (χ1) is 13.8. The highest BCUT2D eigenvalue weighted by molar-refractivity contribution is 5.94. The molecule has 1 amide bonds. The fourth-order valence-corrected chi connectivity index (χ4v) is 3.12. The number of hydrogen-bond donors (Lipinski definition) is 1. The fourth-order valence-electron chi connectivity index (χ4n) is 3.12. The molecule has 0 fully saturated rings. The number of aromatic nitrogens is 4. The molecule has 3 aromatic heterocycles. The van der Waals surface area contributed by atoms with Gasteiger partial charge in [0.15, 0.2) is 5.58 Å². The highest BCUT2D eigenvalue weighted by atomic mass is 16.5. The van der Waals surface area contributed by atoms with Gasteiger partial charge in [0, 0.05) is 35.2 Å². The Hall–Kier alpha value is -4.00. The molecule has 0 atom stereocenters. The maximum Gasteiger partial charge on any atom is 0.234 e. The van der Waals surface area contributed by atoms with E-state index < -0.39 is 0 Å². The molecule has 0 spiro atoms. The average molecular weight is 369 g/mol. The van der Waals surface area contributed by atoms with Crippen LogP contribution in [0.1, 0.15) is 5.69 Å². The first kappa shape index (κ1) is 16.2. The number of nitrogens with zero attached hydrogens (tertiary/aromatic N) is 4. The smallest absolute Gasteiger partial charge is 0.234 e. The van der Waals surface area contributed by atoms with Gasteiger partial charge < -0.3 is 9.84 Å². The number of amides is 1. The van der Waals surface area contributed by atoms with E-state index in [1.165, 1.54) is 0 Å². The zero-order chi connectivity index (χ0) is 18.9. The van der Waals surface area contributed by atoms with Crippen LogP contribution in [-0.4, -0.2) is 25.4 Å². The molecule has 0 aliphatic heterocycles. The van der Waals surface area contributed by atoms with Gasteiger partial charge in [0.05, 0.1) is 12.1 Å². The van der Waals surface area contributed by atoms with E-state index in [2.05, 4.69) is 20.4 Å². The topological polar surface area (TPSA) is 85.3 Å². The molecule has 5 aromatic rings. The summed E-state index contributed by atoms with van der Waals surface area (Å²) < 4.78 is 7.11. The van der Waals surface area contributed by atoms with Gasteiger partial charge in [0.25, 0.3) is 0 Å². The van der Waals surface area contributed by atoms with E-state index in [1.54, 1.807) is 6.20 Å². The standard InChI is InChI=1S/C21H15N5O2/c27-20(12-17-16-4-1-2-5-19(16)28-25-17)23-15-8-6-14(7-9-15)18-13-26-11-3-10-22-21(26)24-18/h1-11,13H,12H2,(H,23,27). The lowest BCUT2D eigenvalue weighted by Crippen LogP contribution is -2.14. The Morgan fingerprint density at radius 3 is 2.79 bits per heavy atom. The lowest BCUT2D eigenvalue weighted by Gasteiger charge is -2.05. The van der Waals surface area contributed by atoms with Crippen LogP contribution in [0.5, 0.6) is 0 Å². The number of nitrogens with one attached hydrogen (secondary N) is 1. The van der Waals surface area contributed by atoms with Gasteiger partial charge in [0.1, 0.15) is 5.69 Å². The van der Waals surface area contributed by atoms with Gasteiger partial charge in [-0.05, 0) is 30.3 Å². The molecular weight excluding hydrogens is 354 g/mol. The summed E-state index contributed by atoms with van der Waals surface area (Å²) in [4.78, 5) is 21.1. The number of carbonyl (C=O) groups is 1. The molecular formula is C21H15N5O2. The van der Waals surface area contributed by atoms with Crippen molar-refractivity contribution in [3.8, 4) is 11.3 Å². The van der Waals surface area contributed by atoms with Crippen LogP contribution < -0.4 is 5.32 Å². The lowest BCUT2D eigenvalue weighted by atomic mass is 10.1. The fraction of sp³-hybridized carbons (Fsp3) is 0.0476. The second-order valence-corrected chi connectivity index (χ2v) is 6.38. The van der Waals surface area contributed by atoms with Crippen LogP contribution in [-0.2, 0) is 11.2 Å². The molecule has 0 unspecified atom stereocenters. The summed E-state index contributed by atoms with van der Waals surface area (Å²) in [5.41, 5.74) is 3.79. The van der Waals surface area contributed by atoms with Crippen LogP contribution in [0.4, 0.5) is 5.69 Å². The van der Waals surface area contributed by atoms with E-state index in [-0.39, 0.29) is 12.3 Å². The molecule has 0 aliphatic carbocycles. The first-order valence-corrected chi connectivity index (χ1v) is 8.79. The largest absolute Gasteiger partial charge is 0.356 e. The van der Waals surface area contributed by atoms with Crippen LogP contribution in [0.15, 0.2) is 77.7 Å². The average Bonchev–Trinajstić information content (AvgIpc) is 3.33. The van der Waals surface area contributed by atoms with E-state index in [9.17, 15) is 4.79 Å². The zero-order valence-electron chi connectivity index (χ0n) is 14.7. The van der Waals surface area contributed by atoms with E-state index in [4.69, 9.17) is 4.52 Å². The van der Waals surface area contributed by atoms with Crippen LogP contribution >= 0.6 is 0 Å². The molecule has 0 aliphatic rings. The normalized spacial score (nSPS) is 11.1.